The lowest BCUT2D eigenvalue weighted by atomic mass is 9.97. The van der Waals surface area contributed by atoms with Gasteiger partial charge in [0.2, 0.25) is 10.0 Å². The van der Waals surface area contributed by atoms with E-state index >= 15 is 0 Å². The number of fused-ring (bicyclic) bond motifs is 1. The number of hydrogen-bond donors (Lipinski definition) is 0. The molecule has 2 aliphatic heterocycles. The van der Waals surface area contributed by atoms with Gasteiger partial charge in [0, 0.05) is 24.1 Å². The SMILES string of the molecule is Cc1cc(F)cc2c1N(C(=O)c1cc(S(=O)(=O)N3CCCC3)ccc1Br)CCC2. The number of carbonyl (C=O) groups excluding carboxylic acids is 1. The third-order valence-corrected chi connectivity index (χ3v) is 8.14. The number of hydrogen-bond acceptors (Lipinski definition) is 3. The van der Waals surface area contributed by atoms with Crippen molar-refractivity contribution < 1.29 is 17.6 Å². The van der Waals surface area contributed by atoms with Gasteiger partial charge in [-0.3, -0.25) is 4.79 Å². The molecule has 0 unspecified atom stereocenters. The maximum atomic E-state index is 13.8. The number of benzene rings is 2. The van der Waals surface area contributed by atoms with Crippen LogP contribution in [-0.4, -0.2) is 38.3 Å². The number of aryl methyl sites for hydroxylation is 2. The fraction of sp³-hybridized carbons (Fsp3) is 0.381. The van der Waals surface area contributed by atoms with Crippen LogP contribution in [0, 0.1) is 12.7 Å². The van der Waals surface area contributed by atoms with Crippen molar-refractivity contribution in [3.8, 4) is 0 Å². The Morgan fingerprint density at radius 1 is 1.07 bits per heavy atom. The Bertz CT molecular complexity index is 1080. The highest BCUT2D eigenvalue weighted by Crippen LogP contribution is 2.34. The maximum Gasteiger partial charge on any atom is 0.259 e. The molecule has 0 aliphatic carbocycles. The van der Waals surface area contributed by atoms with Crippen LogP contribution in [0.1, 0.15) is 40.7 Å². The molecule has 2 aliphatic rings. The van der Waals surface area contributed by atoms with Gasteiger partial charge in [0.25, 0.3) is 5.91 Å². The molecule has 0 spiro atoms. The number of amides is 1. The van der Waals surface area contributed by atoms with E-state index in [4.69, 9.17) is 0 Å². The van der Waals surface area contributed by atoms with Gasteiger partial charge in [-0.1, -0.05) is 0 Å². The average Bonchev–Trinajstić information content (AvgIpc) is 3.22. The third-order valence-electron chi connectivity index (χ3n) is 5.56. The molecule has 8 heteroatoms. The number of halogens is 2. The van der Waals surface area contributed by atoms with Crippen molar-refractivity contribution >= 4 is 37.5 Å². The zero-order valence-corrected chi connectivity index (χ0v) is 18.5. The Kier molecular flexibility index (Phi) is 5.52. The van der Waals surface area contributed by atoms with Crippen LogP contribution >= 0.6 is 15.9 Å². The zero-order chi connectivity index (χ0) is 20.8. The summed E-state index contributed by atoms with van der Waals surface area (Å²) in [4.78, 5) is 15.2. The summed E-state index contributed by atoms with van der Waals surface area (Å²) >= 11 is 3.40. The summed E-state index contributed by atoms with van der Waals surface area (Å²) in [7, 11) is -3.62. The molecule has 0 N–H and O–H groups in total. The zero-order valence-electron chi connectivity index (χ0n) is 16.1. The van der Waals surface area contributed by atoms with Gasteiger partial charge in [-0.2, -0.15) is 4.31 Å². The minimum absolute atomic E-state index is 0.124. The fourth-order valence-corrected chi connectivity index (χ4v) is 6.14. The summed E-state index contributed by atoms with van der Waals surface area (Å²) in [5.74, 6) is -0.596. The summed E-state index contributed by atoms with van der Waals surface area (Å²) in [5, 5.41) is 0. The van der Waals surface area contributed by atoms with Crippen LogP contribution in [0.5, 0.6) is 0 Å². The molecule has 2 aromatic carbocycles. The Balaban J connectivity index is 1.74. The summed E-state index contributed by atoms with van der Waals surface area (Å²) in [6.45, 7) is 3.31. The normalized spacial score (nSPS) is 17.4. The first-order valence-electron chi connectivity index (χ1n) is 9.69. The van der Waals surface area contributed by atoms with Crippen molar-refractivity contribution in [3.63, 3.8) is 0 Å². The Morgan fingerprint density at radius 3 is 2.52 bits per heavy atom. The van der Waals surface area contributed by atoms with Crippen molar-refractivity contribution in [2.24, 2.45) is 0 Å². The third kappa shape index (κ3) is 3.73. The number of anilines is 1. The second-order valence-corrected chi connectivity index (χ2v) is 10.3. The molecule has 1 amide bonds. The quantitative estimate of drug-likeness (QED) is 0.658. The molecule has 2 heterocycles. The highest BCUT2D eigenvalue weighted by atomic mass is 79.9. The standard InChI is InChI=1S/C21H22BrFN2O3S/c1-14-11-16(23)12-15-5-4-10-25(20(14)15)21(26)18-13-17(6-7-19(18)22)29(27,28)24-8-2-3-9-24/h6-7,11-13H,2-5,8-10H2,1H3. The van der Waals surface area contributed by atoms with Gasteiger partial charge >= 0.3 is 0 Å². The lowest BCUT2D eigenvalue weighted by molar-refractivity contribution is 0.0984. The fourth-order valence-electron chi connectivity index (χ4n) is 4.18. The van der Waals surface area contributed by atoms with Crippen molar-refractivity contribution in [3.05, 3.63) is 57.3 Å². The molecule has 0 aromatic heterocycles. The van der Waals surface area contributed by atoms with Gasteiger partial charge in [-0.05, 0) is 90.0 Å². The van der Waals surface area contributed by atoms with Crippen LogP contribution in [0.2, 0.25) is 0 Å². The average molecular weight is 481 g/mol. The minimum Gasteiger partial charge on any atom is -0.308 e. The van der Waals surface area contributed by atoms with E-state index in [9.17, 15) is 17.6 Å². The smallest absolute Gasteiger partial charge is 0.259 e. The van der Waals surface area contributed by atoms with Gasteiger partial charge in [-0.15, -0.1) is 0 Å². The first-order valence-corrected chi connectivity index (χ1v) is 11.9. The number of rotatable bonds is 3. The monoisotopic (exact) mass is 480 g/mol. The van der Waals surface area contributed by atoms with Crippen LogP contribution in [0.4, 0.5) is 10.1 Å². The second-order valence-electron chi connectivity index (χ2n) is 7.54. The molecule has 0 bridgehead atoms. The molecule has 154 valence electrons. The molecular weight excluding hydrogens is 459 g/mol. The van der Waals surface area contributed by atoms with Crippen LogP contribution in [-0.2, 0) is 16.4 Å². The number of sulfonamides is 1. The molecule has 1 saturated heterocycles. The molecule has 1 fully saturated rings. The topological polar surface area (TPSA) is 57.7 Å². The van der Waals surface area contributed by atoms with Crippen molar-refractivity contribution in [1.82, 2.24) is 4.31 Å². The predicted molar refractivity (Wildman–Crippen MR) is 113 cm³/mol. The second kappa shape index (κ2) is 7.81. The van der Waals surface area contributed by atoms with E-state index in [1.54, 1.807) is 17.9 Å². The molecule has 0 saturated carbocycles. The lowest BCUT2D eigenvalue weighted by Crippen LogP contribution is -2.36. The van der Waals surface area contributed by atoms with Crippen LogP contribution in [0.3, 0.4) is 0 Å². The highest BCUT2D eigenvalue weighted by molar-refractivity contribution is 9.10. The van der Waals surface area contributed by atoms with E-state index in [1.165, 1.54) is 28.6 Å². The van der Waals surface area contributed by atoms with Crippen LogP contribution < -0.4 is 4.90 Å². The van der Waals surface area contributed by atoms with Crippen molar-refractivity contribution in [1.29, 1.82) is 0 Å². The Labute approximate surface area is 178 Å². The van der Waals surface area contributed by atoms with Gasteiger partial charge in [0.05, 0.1) is 16.1 Å². The maximum absolute atomic E-state index is 13.8. The molecular formula is C21H22BrFN2O3S. The molecule has 0 radical (unpaired) electrons. The molecule has 2 aromatic rings. The lowest BCUT2D eigenvalue weighted by Gasteiger charge is -2.31. The van der Waals surface area contributed by atoms with E-state index in [0.29, 0.717) is 41.7 Å². The van der Waals surface area contributed by atoms with E-state index < -0.39 is 10.0 Å². The summed E-state index contributed by atoms with van der Waals surface area (Å²) in [5.41, 5.74) is 2.52. The van der Waals surface area contributed by atoms with Gasteiger partial charge in [0.1, 0.15) is 5.82 Å². The summed E-state index contributed by atoms with van der Waals surface area (Å²) in [6, 6.07) is 7.49. The molecule has 4 rings (SSSR count). The van der Waals surface area contributed by atoms with Gasteiger partial charge < -0.3 is 4.90 Å². The van der Waals surface area contributed by atoms with E-state index in [2.05, 4.69) is 15.9 Å². The van der Waals surface area contributed by atoms with E-state index in [1.807, 2.05) is 0 Å². The highest BCUT2D eigenvalue weighted by Gasteiger charge is 2.31. The largest absolute Gasteiger partial charge is 0.308 e. The van der Waals surface area contributed by atoms with Gasteiger partial charge in [0.15, 0.2) is 0 Å². The van der Waals surface area contributed by atoms with E-state index in [-0.39, 0.29) is 16.6 Å². The molecule has 29 heavy (non-hydrogen) atoms. The number of nitrogens with zero attached hydrogens (tertiary/aromatic N) is 2. The first kappa shape index (κ1) is 20.5. The summed E-state index contributed by atoms with van der Waals surface area (Å²) in [6.07, 6.45) is 3.14. The van der Waals surface area contributed by atoms with Crippen LogP contribution in [0.25, 0.3) is 0 Å². The van der Waals surface area contributed by atoms with Gasteiger partial charge in [-0.25, -0.2) is 12.8 Å². The Morgan fingerprint density at radius 2 is 1.79 bits per heavy atom. The molecule has 5 nitrogen and oxygen atoms in total. The number of carbonyl (C=O) groups is 1. The first-order chi connectivity index (χ1) is 13.8. The van der Waals surface area contributed by atoms with Crippen LogP contribution in [0.15, 0.2) is 39.7 Å². The summed E-state index contributed by atoms with van der Waals surface area (Å²) < 4.78 is 41.7. The van der Waals surface area contributed by atoms with Crippen molar-refractivity contribution in [2.75, 3.05) is 24.5 Å². The van der Waals surface area contributed by atoms with Crippen molar-refractivity contribution in [2.45, 2.75) is 37.5 Å². The van der Waals surface area contributed by atoms with E-state index in [0.717, 1.165) is 30.5 Å². The molecule has 0 atom stereocenters. The Hall–Kier alpha value is -1.77. The predicted octanol–water partition coefficient (Wildman–Crippen LogP) is 4.27. The minimum atomic E-state index is -3.62.